The van der Waals surface area contributed by atoms with Crippen LogP contribution in [0, 0.1) is 5.92 Å². The van der Waals surface area contributed by atoms with E-state index in [-0.39, 0.29) is 23.9 Å². The minimum Gasteiger partial charge on any atom is -0.378 e. The standard InChI is InChI=1S/C20H32N4O4/c1-14(2)10-17-12-18(22-28-17)20(26)21-13-16-5-4-15(23(16)3)11-19(25)24-6-8-27-9-7-24/h12,14-16H,4-11,13H2,1-3H3,(H,21,26)/t15-,16+/m1/s1. The number of carbonyl (C=O) groups is 2. The monoisotopic (exact) mass is 392 g/mol. The lowest BCUT2D eigenvalue weighted by Gasteiger charge is -2.30. The van der Waals surface area contributed by atoms with Crippen LogP contribution < -0.4 is 5.32 Å². The SMILES string of the molecule is CC(C)Cc1cc(C(=O)NC[C@@H]2CC[C@H](CC(=O)N3CCOCC3)N2C)no1. The van der Waals surface area contributed by atoms with E-state index in [0.717, 1.165) is 25.0 Å². The van der Waals surface area contributed by atoms with Crippen LogP contribution in [0.3, 0.4) is 0 Å². The molecular weight excluding hydrogens is 360 g/mol. The average Bonchev–Trinajstić information content (AvgIpc) is 3.27. The molecule has 8 nitrogen and oxygen atoms in total. The number of nitrogens with zero attached hydrogens (tertiary/aromatic N) is 3. The number of carbonyl (C=O) groups excluding carboxylic acids is 2. The van der Waals surface area contributed by atoms with E-state index in [1.807, 2.05) is 11.9 Å². The van der Waals surface area contributed by atoms with Gasteiger partial charge in [-0.2, -0.15) is 0 Å². The maximum atomic E-state index is 12.5. The molecule has 2 atom stereocenters. The Morgan fingerprint density at radius 3 is 2.68 bits per heavy atom. The Morgan fingerprint density at radius 1 is 1.25 bits per heavy atom. The Hall–Kier alpha value is -1.93. The first-order valence-electron chi connectivity index (χ1n) is 10.2. The first-order valence-corrected chi connectivity index (χ1v) is 10.2. The van der Waals surface area contributed by atoms with Gasteiger partial charge < -0.3 is 19.5 Å². The lowest BCUT2D eigenvalue weighted by molar-refractivity contribution is -0.136. The Labute approximate surface area is 166 Å². The molecule has 1 aromatic heterocycles. The summed E-state index contributed by atoms with van der Waals surface area (Å²) in [6.07, 6.45) is 3.23. The molecule has 2 fully saturated rings. The Morgan fingerprint density at radius 2 is 1.96 bits per heavy atom. The number of aromatic nitrogens is 1. The van der Waals surface area contributed by atoms with Crippen molar-refractivity contribution in [2.75, 3.05) is 39.9 Å². The summed E-state index contributed by atoms with van der Waals surface area (Å²) < 4.78 is 10.5. The molecule has 0 spiro atoms. The molecule has 3 heterocycles. The molecule has 1 aromatic rings. The van der Waals surface area contributed by atoms with Crippen molar-refractivity contribution in [2.24, 2.45) is 5.92 Å². The van der Waals surface area contributed by atoms with Gasteiger partial charge in [0.2, 0.25) is 5.91 Å². The van der Waals surface area contributed by atoms with Gasteiger partial charge in [0, 0.05) is 50.6 Å². The van der Waals surface area contributed by atoms with E-state index in [0.29, 0.717) is 50.9 Å². The number of morpholine rings is 1. The molecule has 0 bridgehead atoms. The molecule has 3 rings (SSSR count). The number of hydrogen-bond donors (Lipinski definition) is 1. The summed E-state index contributed by atoms with van der Waals surface area (Å²) in [4.78, 5) is 29.0. The molecule has 0 saturated carbocycles. The van der Waals surface area contributed by atoms with Gasteiger partial charge >= 0.3 is 0 Å². The maximum Gasteiger partial charge on any atom is 0.273 e. The molecule has 8 heteroatoms. The second-order valence-electron chi connectivity index (χ2n) is 8.23. The average molecular weight is 393 g/mol. The topological polar surface area (TPSA) is 87.9 Å². The molecule has 0 radical (unpaired) electrons. The van der Waals surface area contributed by atoms with Gasteiger partial charge in [-0.3, -0.25) is 14.5 Å². The maximum absolute atomic E-state index is 12.5. The lowest BCUT2D eigenvalue weighted by Crippen LogP contribution is -2.45. The van der Waals surface area contributed by atoms with E-state index in [9.17, 15) is 9.59 Å². The molecule has 2 aliphatic rings. The highest BCUT2D eigenvalue weighted by atomic mass is 16.5. The minimum atomic E-state index is -0.208. The fourth-order valence-corrected chi connectivity index (χ4v) is 3.95. The number of rotatable bonds is 7. The predicted molar refractivity (Wildman–Crippen MR) is 104 cm³/mol. The van der Waals surface area contributed by atoms with Crippen molar-refractivity contribution in [1.29, 1.82) is 0 Å². The number of nitrogens with one attached hydrogen (secondary N) is 1. The van der Waals surface area contributed by atoms with Gasteiger partial charge in [-0.05, 0) is 25.8 Å². The second kappa shape index (κ2) is 9.52. The van der Waals surface area contributed by atoms with E-state index in [2.05, 4.69) is 29.2 Å². The number of ether oxygens (including phenoxy) is 1. The summed E-state index contributed by atoms with van der Waals surface area (Å²) in [5.41, 5.74) is 0.329. The Kier molecular flexibility index (Phi) is 7.07. The Bertz CT molecular complexity index is 669. The van der Waals surface area contributed by atoms with Crippen LogP contribution in [0.5, 0.6) is 0 Å². The molecule has 28 heavy (non-hydrogen) atoms. The van der Waals surface area contributed by atoms with Crippen LogP contribution in [0.15, 0.2) is 10.6 Å². The van der Waals surface area contributed by atoms with Crippen molar-refractivity contribution in [3.05, 3.63) is 17.5 Å². The molecule has 0 aromatic carbocycles. The third-order valence-electron chi connectivity index (χ3n) is 5.66. The summed E-state index contributed by atoms with van der Waals surface area (Å²) in [5.74, 6) is 1.18. The number of likely N-dealkylation sites (N-methyl/N-ethyl adjacent to an activating group) is 1. The summed E-state index contributed by atoms with van der Waals surface area (Å²) in [6, 6.07) is 2.17. The van der Waals surface area contributed by atoms with Crippen LogP contribution in [-0.2, 0) is 16.0 Å². The van der Waals surface area contributed by atoms with Crippen molar-refractivity contribution in [2.45, 2.75) is 51.6 Å². The molecule has 1 N–H and O–H groups in total. The zero-order valence-corrected chi connectivity index (χ0v) is 17.1. The minimum absolute atomic E-state index is 0.199. The van der Waals surface area contributed by atoms with Crippen molar-refractivity contribution in [3.8, 4) is 0 Å². The van der Waals surface area contributed by atoms with Gasteiger partial charge in [0.25, 0.3) is 5.91 Å². The van der Waals surface area contributed by atoms with Crippen molar-refractivity contribution in [1.82, 2.24) is 20.3 Å². The number of likely N-dealkylation sites (tertiary alicyclic amines) is 1. The van der Waals surface area contributed by atoms with Crippen LogP contribution >= 0.6 is 0 Å². The van der Waals surface area contributed by atoms with E-state index in [1.165, 1.54) is 0 Å². The Balaban J connectivity index is 1.44. The fourth-order valence-electron chi connectivity index (χ4n) is 3.95. The van der Waals surface area contributed by atoms with E-state index in [4.69, 9.17) is 9.26 Å². The van der Waals surface area contributed by atoms with Crippen LogP contribution in [0.2, 0.25) is 0 Å². The highest BCUT2D eigenvalue weighted by Crippen LogP contribution is 2.25. The largest absolute Gasteiger partial charge is 0.378 e. The summed E-state index contributed by atoms with van der Waals surface area (Å²) in [7, 11) is 2.04. The molecule has 2 saturated heterocycles. The van der Waals surface area contributed by atoms with Gasteiger partial charge in [-0.15, -0.1) is 0 Å². The zero-order chi connectivity index (χ0) is 20.1. The predicted octanol–water partition coefficient (Wildman–Crippen LogP) is 1.31. The van der Waals surface area contributed by atoms with Crippen molar-refractivity contribution < 1.29 is 18.8 Å². The first-order chi connectivity index (χ1) is 13.4. The van der Waals surface area contributed by atoms with Crippen molar-refractivity contribution >= 4 is 11.8 Å². The van der Waals surface area contributed by atoms with Gasteiger partial charge in [-0.25, -0.2) is 0 Å². The van der Waals surface area contributed by atoms with Crippen LogP contribution in [0.4, 0.5) is 0 Å². The van der Waals surface area contributed by atoms with Crippen molar-refractivity contribution in [3.63, 3.8) is 0 Å². The van der Waals surface area contributed by atoms with Gasteiger partial charge in [0.15, 0.2) is 5.69 Å². The second-order valence-corrected chi connectivity index (χ2v) is 8.23. The molecule has 2 aliphatic heterocycles. The summed E-state index contributed by atoms with van der Waals surface area (Å²) >= 11 is 0. The first kappa shape index (κ1) is 20.8. The van der Waals surface area contributed by atoms with Gasteiger partial charge in [0.1, 0.15) is 5.76 Å². The molecule has 156 valence electrons. The van der Waals surface area contributed by atoms with E-state index < -0.39 is 0 Å². The van der Waals surface area contributed by atoms with Crippen LogP contribution in [-0.4, -0.2) is 78.8 Å². The lowest BCUT2D eigenvalue weighted by atomic mass is 10.1. The third kappa shape index (κ3) is 5.32. The number of hydrogen-bond acceptors (Lipinski definition) is 6. The molecule has 0 unspecified atom stereocenters. The van der Waals surface area contributed by atoms with Crippen LogP contribution in [0.25, 0.3) is 0 Å². The smallest absolute Gasteiger partial charge is 0.273 e. The van der Waals surface area contributed by atoms with Gasteiger partial charge in [-0.1, -0.05) is 19.0 Å². The highest BCUT2D eigenvalue weighted by Gasteiger charge is 2.33. The molecular formula is C20H32N4O4. The zero-order valence-electron chi connectivity index (χ0n) is 17.1. The number of amides is 2. The summed E-state index contributed by atoms with van der Waals surface area (Å²) in [5, 5.41) is 6.84. The summed E-state index contributed by atoms with van der Waals surface area (Å²) in [6.45, 7) is 7.36. The van der Waals surface area contributed by atoms with Crippen LogP contribution in [0.1, 0.15) is 49.4 Å². The van der Waals surface area contributed by atoms with E-state index in [1.54, 1.807) is 6.07 Å². The molecule has 0 aliphatic carbocycles. The molecule has 2 amide bonds. The quantitative estimate of drug-likeness (QED) is 0.753. The normalized spacial score (nSPS) is 23.4. The highest BCUT2D eigenvalue weighted by molar-refractivity contribution is 5.92. The van der Waals surface area contributed by atoms with Gasteiger partial charge in [0.05, 0.1) is 13.2 Å². The fraction of sp³-hybridized carbons (Fsp3) is 0.750. The third-order valence-corrected chi connectivity index (χ3v) is 5.66. The van der Waals surface area contributed by atoms with E-state index >= 15 is 0 Å².